The number of hydrogen-bond donors (Lipinski definition) is 1. The highest BCUT2D eigenvalue weighted by molar-refractivity contribution is 5.78. The minimum absolute atomic E-state index is 0.0188. The minimum atomic E-state index is -0.505. The van der Waals surface area contributed by atoms with Gasteiger partial charge in [0.1, 0.15) is 18.2 Å². The summed E-state index contributed by atoms with van der Waals surface area (Å²) in [6.07, 6.45) is 3.15. The molecule has 2 aromatic carbocycles. The van der Waals surface area contributed by atoms with Crippen LogP contribution in [0.4, 0.5) is 16.0 Å². The highest BCUT2D eigenvalue weighted by Crippen LogP contribution is 2.33. The van der Waals surface area contributed by atoms with Crippen molar-refractivity contribution in [1.29, 1.82) is 0 Å². The number of anilines is 1. The second-order valence-corrected chi connectivity index (χ2v) is 5.51. The van der Waals surface area contributed by atoms with Crippen LogP contribution >= 0.6 is 0 Å². The first-order valence-electron chi connectivity index (χ1n) is 7.51. The van der Waals surface area contributed by atoms with E-state index in [1.165, 1.54) is 24.5 Å². The lowest BCUT2D eigenvalue weighted by molar-refractivity contribution is -0.384. The first-order valence-corrected chi connectivity index (χ1v) is 7.51. The zero-order valence-corrected chi connectivity index (χ0v) is 12.8. The molecule has 0 bridgehead atoms. The van der Waals surface area contributed by atoms with E-state index in [0.29, 0.717) is 22.8 Å². The van der Waals surface area contributed by atoms with Crippen LogP contribution < -0.4 is 5.32 Å². The van der Waals surface area contributed by atoms with Gasteiger partial charge in [-0.2, -0.15) is 10.1 Å². The average molecular weight is 337 g/mol. The average Bonchev–Trinajstić information content (AvgIpc) is 3.10. The molecule has 0 unspecified atom stereocenters. The zero-order chi connectivity index (χ0) is 17.4. The summed E-state index contributed by atoms with van der Waals surface area (Å²) >= 11 is 0. The molecule has 0 fully saturated rings. The molecule has 0 saturated carbocycles. The van der Waals surface area contributed by atoms with Gasteiger partial charge in [0.25, 0.3) is 5.69 Å². The minimum Gasteiger partial charge on any atom is -0.324 e. The molecule has 4 rings (SSSR count). The fraction of sp³-hybridized carbons (Fsp3) is 0.0588. The SMILES string of the molecule is O=[N+]([O-])c1cccc(C2=C[C@H](c3ccccc3F)n3ncnc3N2)c1. The van der Waals surface area contributed by atoms with Crippen LogP contribution in [0, 0.1) is 15.9 Å². The standard InChI is InChI=1S/C17H12FN5O2/c18-14-7-2-1-6-13(14)16-9-15(21-17-19-10-20-22(16)17)11-4-3-5-12(8-11)23(24)25/h1-10,16H,(H,19,20,21)/t16-/m1/s1. The molecule has 0 radical (unpaired) electrons. The number of halogens is 1. The van der Waals surface area contributed by atoms with Crippen LogP contribution in [0.5, 0.6) is 0 Å². The highest BCUT2D eigenvalue weighted by Gasteiger charge is 2.25. The van der Waals surface area contributed by atoms with Crippen molar-refractivity contribution in [2.45, 2.75) is 6.04 Å². The molecule has 2 heterocycles. The van der Waals surface area contributed by atoms with Crippen LogP contribution in [0.2, 0.25) is 0 Å². The summed E-state index contributed by atoms with van der Waals surface area (Å²) < 4.78 is 15.8. The van der Waals surface area contributed by atoms with E-state index < -0.39 is 11.0 Å². The number of nitro benzene ring substituents is 1. The Morgan fingerprint density at radius 3 is 2.84 bits per heavy atom. The first-order chi connectivity index (χ1) is 12.1. The molecule has 0 saturated heterocycles. The van der Waals surface area contributed by atoms with Crippen molar-refractivity contribution in [3.8, 4) is 0 Å². The Bertz CT molecular complexity index is 998. The van der Waals surface area contributed by atoms with Gasteiger partial charge in [-0.3, -0.25) is 10.1 Å². The second kappa shape index (κ2) is 5.82. The number of non-ortho nitro benzene ring substituents is 1. The van der Waals surface area contributed by atoms with Crippen molar-refractivity contribution in [3.05, 3.63) is 88.0 Å². The molecule has 8 heteroatoms. The Hall–Kier alpha value is -3.55. The molecule has 1 N–H and O–H groups in total. The number of rotatable bonds is 3. The van der Waals surface area contributed by atoms with Crippen LogP contribution in [-0.2, 0) is 0 Å². The Labute approximate surface area is 141 Å². The van der Waals surface area contributed by atoms with E-state index in [9.17, 15) is 14.5 Å². The molecule has 1 atom stereocenters. The lowest BCUT2D eigenvalue weighted by Crippen LogP contribution is -2.21. The molecule has 25 heavy (non-hydrogen) atoms. The van der Waals surface area contributed by atoms with E-state index in [-0.39, 0.29) is 11.5 Å². The lowest BCUT2D eigenvalue weighted by atomic mass is 10.0. The number of nitro groups is 1. The van der Waals surface area contributed by atoms with Crippen molar-refractivity contribution in [3.63, 3.8) is 0 Å². The Kier molecular flexibility index (Phi) is 3.50. The molecule has 3 aromatic rings. The first kappa shape index (κ1) is 15.0. The third kappa shape index (κ3) is 2.63. The van der Waals surface area contributed by atoms with Gasteiger partial charge in [0.05, 0.1) is 4.92 Å². The van der Waals surface area contributed by atoms with E-state index in [1.54, 1.807) is 41.1 Å². The molecule has 1 aliphatic heterocycles. The topological polar surface area (TPSA) is 85.9 Å². The molecule has 7 nitrogen and oxygen atoms in total. The quantitative estimate of drug-likeness (QED) is 0.585. The van der Waals surface area contributed by atoms with Gasteiger partial charge in [0, 0.05) is 29.0 Å². The number of hydrogen-bond acceptors (Lipinski definition) is 5. The van der Waals surface area contributed by atoms with E-state index in [2.05, 4.69) is 15.4 Å². The van der Waals surface area contributed by atoms with E-state index in [4.69, 9.17) is 0 Å². The van der Waals surface area contributed by atoms with Crippen LogP contribution in [0.1, 0.15) is 17.2 Å². The lowest BCUT2D eigenvalue weighted by Gasteiger charge is -2.24. The Morgan fingerprint density at radius 2 is 2.04 bits per heavy atom. The van der Waals surface area contributed by atoms with E-state index >= 15 is 0 Å². The number of benzene rings is 2. The number of allylic oxidation sites excluding steroid dienone is 1. The Morgan fingerprint density at radius 1 is 1.20 bits per heavy atom. The second-order valence-electron chi connectivity index (χ2n) is 5.51. The largest absolute Gasteiger partial charge is 0.324 e. The fourth-order valence-corrected chi connectivity index (χ4v) is 2.83. The maximum atomic E-state index is 14.3. The normalized spacial score (nSPS) is 15.9. The number of nitrogens with one attached hydrogen (secondary N) is 1. The maximum absolute atomic E-state index is 14.3. The third-order valence-electron chi connectivity index (χ3n) is 4.00. The smallest absolute Gasteiger partial charge is 0.270 e. The van der Waals surface area contributed by atoms with Crippen molar-refractivity contribution < 1.29 is 9.31 Å². The van der Waals surface area contributed by atoms with Crippen LogP contribution in [0.25, 0.3) is 5.70 Å². The van der Waals surface area contributed by atoms with Gasteiger partial charge in [0.15, 0.2) is 0 Å². The summed E-state index contributed by atoms with van der Waals surface area (Å²) in [7, 11) is 0. The van der Waals surface area contributed by atoms with Crippen LogP contribution in [0.3, 0.4) is 0 Å². The number of aromatic nitrogens is 3. The summed E-state index contributed by atoms with van der Waals surface area (Å²) in [4.78, 5) is 14.7. The van der Waals surface area contributed by atoms with Crippen LogP contribution in [-0.4, -0.2) is 19.7 Å². The summed E-state index contributed by atoms with van der Waals surface area (Å²) in [5, 5.41) is 18.3. The molecule has 0 spiro atoms. The molecule has 1 aliphatic rings. The zero-order valence-electron chi connectivity index (χ0n) is 12.8. The van der Waals surface area contributed by atoms with Gasteiger partial charge >= 0.3 is 0 Å². The van der Waals surface area contributed by atoms with Crippen LogP contribution in [0.15, 0.2) is 60.9 Å². The summed E-state index contributed by atoms with van der Waals surface area (Å²) in [6.45, 7) is 0. The monoisotopic (exact) mass is 337 g/mol. The van der Waals surface area contributed by atoms with Crippen molar-refractivity contribution >= 4 is 17.3 Å². The molecule has 1 aromatic heterocycles. The number of fused-ring (bicyclic) bond motifs is 1. The fourth-order valence-electron chi connectivity index (χ4n) is 2.83. The van der Waals surface area contributed by atoms with E-state index in [1.807, 2.05) is 0 Å². The van der Waals surface area contributed by atoms with Gasteiger partial charge in [0.2, 0.25) is 5.95 Å². The molecule has 0 aliphatic carbocycles. The predicted octanol–water partition coefficient (Wildman–Crippen LogP) is 3.38. The van der Waals surface area contributed by atoms with Gasteiger partial charge in [-0.15, -0.1) is 0 Å². The van der Waals surface area contributed by atoms with Crippen molar-refractivity contribution in [1.82, 2.24) is 14.8 Å². The summed E-state index contributed by atoms with van der Waals surface area (Å²) in [5.74, 6) is 0.0859. The number of nitrogens with zero attached hydrogens (tertiary/aromatic N) is 4. The van der Waals surface area contributed by atoms with Gasteiger partial charge in [-0.05, 0) is 12.1 Å². The maximum Gasteiger partial charge on any atom is 0.270 e. The third-order valence-corrected chi connectivity index (χ3v) is 4.00. The van der Waals surface area contributed by atoms with Crippen molar-refractivity contribution in [2.24, 2.45) is 0 Å². The molecular weight excluding hydrogens is 325 g/mol. The van der Waals surface area contributed by atoms with Gasteiger partial charge in [-0.1, -0.05) is 30.3 Å². The molecular formula is C17H12FN5O2. The van der Waals surface area contributed by atoms with Crippen molar-refractivity contribution in [2.75, 3.05) is 5.32 Å². The van der Waals surface area contributed by atoms with Gasteiger partial charge in [-0.25, -0.2) is 9.07 Å². The summed E-state index contributed by atoms with van der Waals surface area (Å²) in [6, 6.07) is 12.2. The highest BCUT2D eigenvalue weighted by atomic mass is 19.1. The Balaban J connectivity index is 1.83. The predicted molar refractivity (Wildman–Crippen MR) is 89.3 cm³/mol. The molecule has 124 valence electrons. The van der Waals surface area contributed by atoms with Gasteiger partial charge < -0.3 is 5.32 Å². The van der Waals surface area contributed by atoms with E-state index in [0.717, 1.165) is 0 Å². The summed E-state index contributed by atoms with van der Waals surface area (Å²) in [5.41, 5.74) is 1.65. The molecule has 0 amide bonds.